The molecule has 0 fully saturated rings. The number of alkyl halides is 3. The highest BCUT2D eigenvalue weighted by Crippen LogP contribution is 2.35. The van der Waals surface area contributed by atoms with Crippen molar-refractivity contribution in [2.24, 2.45) is 0 Å². The number of aliphatic hydroxyl groups excluding tert-OH is 1. The van der Waals surface area contributed by atoms with Crippen molar-refractivity contribution in [3.8, 4) is 5.75 Å². The van der Waals surface area contributed by atoms with Crippen LogP contribution in [0.4, 0.5) is 13.2 Å². The van der Waals surface area contributed by atoms with Gasteiger partial charge in [-0.2, -0.15) is 11.8 Å². The van der Waals surface area contributed by atoms with Crippen molar-refractivity contribution in [1.29, 1.82) is 0 Å². The normalized spacial score (nSPS) is 20.4. The molecule has 0 saturated heterocycles. The summed E-state index contributed by atoms with van der Waals surface area (Å²) in [5, 5.41) is 9.63. The van der Waals surface area contributed by atoms with Gasteiger partial charge in [0.05, 0.1) is 6.10 Å². The Balaban J connectivity index is 2.27. The lowest BCUT2D eigenvalue weighted by molar-refractivity contribution is -0.274. The van der Waals surface area contributed by atoms with Gasteiger partial charge in [-0.1, -0.05) is 6.07 Å². The maximum atomic E-state index is 12.0. The lowest BCUT2D eigenvalue weighted by Crippen LogP contribution is -2.18. The zero-order valence-electron chi connectivity index (χ0n) is 8.12. The Morgan fingerprint density at radius 2 is 2.12 bits per heavy atom. The molecule has 0 amide bonds. The molecule has 1 atom stereocenters. The molecule has 88 valence electrons. The minimum Gasteiger partial charge on any atom is -0.406 e. The third-order valence-electron chi connectivity index (χ3n) is 2.24. The van der Waals surface area contributed by atoms with Crippen molar-refractivity contribution in [2.45, 2.75) is 18.2 Å². The number of aliphatic hydroxyl groups is 1. The average Bonchev–Trinajstić information content (AvgIpc) is 2.17. The van der Waals surface area contributed by atoms with Crippen LogP contribution in [0, 0.1) is 0 Å². The molecule has 1 aromatic rings. The second-order valence-electron chi connectivity index (χ2n) is 3.44. The van der Waals surface area contributed by atoms with Crippen molar-refractivity contribution in [3.63, 3.8) is 0 Å². The van der Waals surface area contributed by atoms with Crippen molar-refractivity contribution in [3.05, 3.63) is 29.3 Å². The Labute approximate surface area is 94.4 Å². The van der Waals surface area contributed by atoms with E-state index in [-0.39, 0.29) is 5.75 Å². The predicted molar refractivity (Wildman–Crippen MR) is 54.2 cm³/mol. The van der Waals surface area contributed by atoms with Crippen LogP contribution < -0.4 is 4.74 Å². The van der Waals surface area contributed by atoms with Gasteiger partial charge in [0.25, 0.3) is 0 Å². The van der Waals surface area contributed by atoms with Gasteiger partial charge in [-0.15, -0.1) is 13.2 Å². The summed E-state index contributed by atoms with van der Waals surface area (Å²) in [7, 11) is 0. The molecule has 0 radical (unpaired) electrons. The zero-order chi connectivity index (χ0) is 11.8. The first-order valence-corrected chi connectivity index (χ1v) is 5.75. The third-order valence-corrected chi connectivity index (χ3v) is 3.31. The molecule has 1 aliphatic rings. The van der Waals surface area contributed by atoms with Crippen LogP contribution in [0.1, 0.15) is 17.2 Å². The molecule has 0 spiro atoms. The molecule has 1 N–H and O–H groups in total. The monoisotopic (exact) mass is 250 g/mol. The van der Waals surface area contributed by atoms with Crippen LogP contribution in [0.15, 0.2) is 18.2 Å². The zero-order valence-corrected chi connectivity index (χ0v) is 8.94. The number of rotatable bonds is 1. The Kier molecular flexibility index (Phi) is 3.03. The number of halogens is 3. The fourth-order valence-electron chi connectivity index (χ4n) is 1.58. The van der Waals surface area contributed by atoms with Crippen LogP contribution >= 0.6 is 11.8 Å². The van der Waals surface area contributed by atoms with Crippen LogP contribution in [-0.4, -0.2) is 17.2 Å². The smallest absolute Gasteiger partial charge is 0.406 e. The molecular weight excluding hydrogens is 241 g/mol. The van der Waals surface area contributed by atoms with E-state index in [4.69, 9.17) is 0 Å². The van der Waals surface area contributed by atoms with Crippen LogP contribution in [0.5, 0.6) is 5.75 Å². The van der Waals surface area contributed by atoms with E-state index in [0.29, 0.717) is 17.1 Å². The van der Waals surface area contributed by atoms with Gasteiger partial charge in [0, 0.05) is 11.5 Å². The maximum Gasteiger partial charge on any atom is 0.573 e. The van der Waals surface area contributed by atoms with Crippen molar-refractivity contribution in [1.82, 2.24) is 0 Å². The predicted octanol–water partition coefficient (Wildman–Crippen LogP) is 2.87. The number of thioether (sulfide) groups is 1. The molecule has 2 nitrogen and oxygen atoms in total. The summed E-state index contributed by atoms with van der Waals surface area (Å²) < 4.78 is 39.7. The van der Waals surface area contributed by atoms with Gasteiger partial charge in [0.1, 0.15) is 5.75 Å². The number of benzene rings is 1. The van der Waals surface area contributed by atoms with Crippen LogP contribution in [0.2, 0.25) is 0 Å². The molecule has 0 aliphatic carbocycles. The van der Waals surface area contributed by atoms with Crippen LogP contribution in [0.3, 0.4) is 0 Å². The van der Waals surface area contributed by atoms with E-state index in [0.717, 1.165) is 5.56 Å². The Morgan fingerprint density at radius 3 is 2.81 bits per heavy atom. The summed E-state index contributed by atoms with van der Waals surface area (Å²) in [6.07, 6.45) is -5.41. The van der Waals surface area contributed by atoms with Crippen LogP contribution in [0.25, 0.3) is 0 Å². The molecule has 0 unspecified atom stereocenters. The Bertz CT molecular complexity index is 392. The minimum atomic E-state index is -4.69. The quantitative estimate of drug-likeness (QED) is 0.831. The van der Waals surface area contributed by atoms with Gasteiger partial charge in [-0.25, -0.2) is 0 Å². The summed E-state index contributed by atoms with van der Waals surface area (Å²) in [6.45, 7) is 0. The first kappa shape index (κ1) is 11.6. The van der Waals surface area contributed by atoms with Gasteiger partial charge in [0.2, 0.25) is 0 Å². The second kappa shape index (κ2) is 4.18. The highest BCUT2D eigenvalue weighted by atomic mass is 32.2. The molecule has 0 aromatic heterocycles. The molecule has 6 heteroatoms. The molecule has 2 rings (SSSR count). The molecule has 1 aliphatic heterocycles. The summed E-state index contributed by atoms with van der Waals surface area (Å²) in [4.78, 5) is 0. The summed E-state index contributed by atoms with van der Waals surface area (Å²) in [5.74, 6) is 0.929. The molecule has 0 bridgehead atoms. The van der Waals surface area contributed by atoms with E-state index >= 15 is 0 Å². The molecule has 1 heterocycles. The highest BCUT2D eigenvalue weighted by Gasteiger charge is 2.31. The average molecular weight is 250 g/mol. The highest BCUT2D eigenvalue weighted by molar-refractivity contribution is 7.98. The summed E-state index contributed by atoms with van der Waals surface area (Å²) in [6, 6.07) is 4.09. The minimum absolute atomic E-state index is 0.280. The van der Waals surface area contributed by atoms with Crippen molar-refractivity contribution >= 4 is 11.8 Å². The summed E-state index contributed by atoms with van der Waals surface area (Å²) in [5.41, 5.74) is 1.39. The van der Waals surface area contributed by atoms with E-state index in [1.807, 2.05) is 0 Å². The third kappa shape index (κ3) is 2.62. The molecular formula is C10H9F3O2S. The lowest BCUT2D eigenvalue weighted by Gasteiger charge is -2.21. The second-order valence-corrected chi connectivity index (χ2v) is 4.47. The number of fused-ring (bicyclic) bond motifs is 1. The first-order chi connectivity index (χ1) is 7.46. The first-order valence-electron chi connectivity index (χ1n) is 4.60. The SMILES string of the molecule is O[C@H]1CSCc2ccc(OC(F)(F)F)cc21. The van der Waals surface area contributed by atoms with E-state index < -0.39 is 12.5 Å². The Morgan fingerprint density at radius 1 is 1.38 bits per heavy atom. The number of hydrogen-bond donors (Lipinski definition) is 1. The van der Waals surface area contributed by atoms with E-state index in [9.17, 15) is 18.3 Å². The summed E-state index contributed by atoms with van der Waals surface area (Å²) >= 11 is 1.55. The number of hydrogen-bond acceptors (Lipinski definition) is 3. The van der Waals surface area contributed by atoms with Gasteiger partial charge in [-0.05, 0) is 23.3 Å². The lowest BCUT2D eigenvalue weighted by atomic mass is 10.0. The molecule has 0 saturated carbocycles. The van der Waals surface area contributed by atoms with E-state index in [2.05, 4.69) is 4.74 Å². The fraction of sp³-hybridized carbons (Fsp3) is 0.400. The molecule has 1 aromatic carbocycles. The van der Waals surface area contributed by atoms with E-state index in [1.165, 1.54) is 12.1 Å². The number of ether oxygens (including phenoxy) is 1. The van der Waals surface area contributed by atoms with Gasteiger partial charge >= 0.3 is 6.36 Å². The Hall–Kier alpha value is -0.880. The van der Waals surface area contributed by atoms with Crippen LogP contribution in [-0.2, 0) is 5.75 Å². The van der Waals surface area contributed by atoms with Crippen molar-refractivity contribution in [2.75, 3.05) is 5.75 Å². The van der Waals surface area contributed by atoms with Gasteiger partial charge in [-0.3, -0.25) is 0 Å². The van der Waals surface area contributed by atoms with Crippen molar-refractivity contribution < 1.29 is 23.0 Å². The van der Waals surface area contributed by atoms with Gasteiger partial charge < -0.3 is 9.84 Å². The maximum absolute atomic E-state index is 12.0. The molecule has 16 heavy (non-hydrogen) atoms. The standard InChI is InChI=1S/C10H9F3O2S/c11-10(12,13)15-7-2-1-6-4-16-5-9(14)8(6)3-7/h1-3,9,14H,4-5H2/t9-/m0/s1. The van der Waals surface area contributed by atoms with E-state index in [1.54, 1.807) is 17.8 Å². The largest absolute Gasteiger partial charge is 0.573 e. The van der Waals surface area contributed by atoms with Gasteiger partial charge in [0.15, 0.2) is 0 Å². The topological polar surface area (TPSA) is 29.5 Å². The fourth-order valence-corrected chi connectivity index (χ4v) is 2.59.